The summed E-state index contributed by atoms with van der Waals surface area (Å²) in [4.78, 5) is 4.25. The third kappa shape index (κ3) is 1.92. The minimum atomic E-state index is 0.730. The van der Waals surface area contributed by atoms with Crippen molar-refractivity contribution in [2.24, 2.45) is 0 Å². The van der Waals surface area contributed by atoms with Crippen LogP contribution in [0.2, 0.25) is 0 Å². The Labute approximate surface area is 102 Å². The van der Waals surface area contributed by atoms with E-state index in [9.17, 15) is 0 Å². The summed E-state index contributed by atoms with van der Waals surface area (Å²) in [5.74, 6) is 0. The van der Waals surface area contributed by atoms with Crippen LogP contribution in [-0.2, 0) is 0 Å². The second-order valence-corrected chi connectivity index (χ2v) is 4.36. The number of anilines is 1. The van der Waals surface area contributed by atoms with Gasteiger partial charge in [0.15, 0.2) is 0 Å². The molecule has 0 atom stereocenters. The molecular weight excluding hydrogens is 232 g/mol. The standard InChI is InChI=1S/C12H10N4S/c13-10-2-1-3-11(4-10)16-6-9(5-15-16)12-7-17-8-14-12/h1-8H,13H2. The molecule has 3 aromatic rings. The average Bonchev–Trinajstić information content (AvgIpc) is 3.00. The Hall–Kier alpha value is -2.14. The lowest BCUT2D eigenvalue weighted by atomic mass is 10.3. The minimum Gasteiger partial charge on any atom is -0.399 e. The van der Waals surface area contributed by atoms with Crippen LogP contribution < -0.4 is 5.73 Å². The molecule has 1 aromatic carbocycles. The summed E-state index contributed by atoms with van der Waals surface area (Å²) in [6.07, 6.45) is 3.75. The van der Waals surface area contributed by atoms with Gasteiger partial charge in [0.2, 0.25) is 0 Å². The van der Waals surface area contributed by atoms with Crippen LogP contribution >= 0.6 is 11.3 Å². The van der Waals surface area contributed by atoms with Crippen molar-refractivity contribution >= 4 is 17.0 Å². The van der Waals surface area contributed by atoms with Crippen LogP contribution in [0.5, 0.6) is 0 Å². The number of hydrogen-bond acceptors (Lipinski definition) is 4. The Morgan fingerprint density at radius 1 is 1.29 bits per heavy atom. The largest absolute Gasteiger partial charge is 0.399 e. The van der Waals surface area contributed by atoms with E-state index in [0.29, 0.717) is 0 Å². The molecule has 0 bridgehead atoms. The summed E-state index contributed by atoms with van der Waals surface area (Å²) in [6.45, 7) is 0. The predicted molar refractivity (Wildman–Crippen MR) is 69.1 cm³/mol. The van der Waals surface area contributed by atoms with E-state index in [1.807, 2.05) is 41.4 Å². The maximum atomic E-state index is 5.75. The topological polar surface area (TPSA) is 56.7 Å². The molecule has 0 amide bonds. The van der Waals surface area contributed by atoms with Crippen LogP contribution in [0.3, 0.4) is 0 Å². The lowest BCUT2D eigenvalue weighted by Crippen LogP contribution is -1.95. The highest BCUT2D eigenvalue weighted by Crippen LogP contribution is 2.20. The summed E-state index contributed by atoms with van der Waals surface area (Å²) >= 11 is 1.57. The fourth-order valence-electron chi connectivity index (χ4n) is 1.62. The highest BCUT2D eigenvalue weighted by Gasteiger charge is 2.04. The Balaban J connectivity index is 2.01. The molecule has 0 aliphatic rings. The van der Waals surface area contributed by atoms with Gasteiger partial charge in [0.05, 0.1) is 23.1 Å². The van der Waals surface area contributed by atoms with Crippen molar-refractivity contribution in [3.8, 4) is 16.9 Å². The van der Waals surface area contributed by atoms with Crippen molar-refractivity contribution in [3.63, 3.8) is 0 Å². The molecule has 0 saturated carbocycles. The van der Waals surface area contributed by atoms with Crippen LogP contribution in [0.1, 0.15) is 0 Å². The molecule has 17 heavy (non-hydrogen) atoms. The van der Waals surface area contributed by atoms with Crippen molar-refractivity contribution in [1.82, 2.24) is 14.8 Å². The number of benzene rings is 1. The Morgan fingerprint density at radius 2 is 2.24 bits per heavy atom. The van der Waals surface area contributed by atoms with E-state index in [0.717, 1.165) is 22.6 Å². The van der Waals surface area contributed by atoms with E-state index in [2.05, 4.69) is 10.1 Å². The molecule has 2 aromatic heterocycles. The SMILES string of the molecule is Nc1cccc(-n2cc(-c3cscn3)cn2)c1. The molecular formula is C12H10N4S. The van der Waals surface area contributed by atoms with E-state index in [1.54, 1.807) is 22.2 Å². The lowest BCUT2D eigenvalue weighted by molar-refractivity contribution is 0.881. The molecule has 2 heterocycles. The normalized spacial score (nSPS) is 10.6. The predicted octanol–water partition coefficient (Wildman–Crippen LogP) is 2.58. The van der Waals surface area contributed by atoms with E-state index >= 15 is 0 Å². The Morgan fingerprint density at radius 3 is 3.00 bits per heavy atom. The molecule has 0 spiro atoms. The molecule has 0 aliphatic heterocycles. The number of thiazole rings is 1. The van der Waals surface area contributed by atoms with Gasteiger partial charge in [-0.2, -0.15) is 5.10 Å². The van der Waals surface area contributed by atoms with Crippen LogP contribution in [0.25, 0.3) is 16.9 Å². The summed E-state index contributed by atoms with van der Waals surface area (Å²) in [7, 11) is 0. The van der Waals surface area contributed by atoms with Crippen molar-refractivity contribution in [2.75, 3.05) is 5.73 Å². The number of nitrogen functional groups attached to an aromatic ring is 1. The zero-order valence-corrected chi connectivity index (χ0v) is 9.76. The van der Waals surface area contributed by atoms with Crippen molar-refractivity contribution in [3.05, 3.63) is 47.5 Å². The first-order chi connectivity index (χ1) is 8.33. The van der Waals surface area contributed by atoms with Crippen molar-refractivity contribution in [1.29, 1.82) is 0 Å². The Kier molecular flexibility index (Phi) is 2.38. The molecule has 0 radical (unpaired) electrons. The molecule has 0 saturated heterocycles. The molecule has 0 aliphatic carbocycles. The molecule has 5 heteroatoms. The Bertz CT molecular complexity index is 628. The van der Waals surface area contributed by atoms with Gasteiger partial charge in [-0.05, 0) is 18.2 Å². The molecule has 2 N–H and O–H groups in total. The number of hydrogen-bond donors (Lipinski definition) is 1. The highest BCUT2D eigenvalue weighted by atomic mass is 32.1. The van der Waals surface area contributed by atoms with Gasteiger partial charge in [-0.3, -0.25) is 0 Å². The minimum absolute atomic E-state index is 0.730. The van der Waals surface area contributed by atoms with Gasteiger partial charge < -0.3 is 5.73 Å². The third-order valence-corrected chi connectivity index (χ3v) is 3.03. The van der Waals surface area contributed by atoms with Gasteiger partial charge >= 0.3 is 0 Å². The quantitative estimate of drug-likeness (QED) is 0.703. The van der Waals surface area contributed by atoms with Crippen molar-refractivity contribution in [2.45, 2.75) is 0 Å². The van der Waals surface area contributed by atoms with Crippen LogP contribution in [0, 0.1) is 0 Å². The number of nitrogens with zero attached hydrogens (tertiary/aromatic N) is 3. The van der Waals surface area contributed by atoms with E-state index < -0.39 is 0 Å². The molecule has 0 unspecified atom stereocenters. The van der Waals surface area contributed by atoms with Gasteiger partial charge in [-0.15, -0.1) is 11.3 Å². The van der Waals surface area contributed by atoms with Gasteiger partial charge in [-0.25, -0.2) is 9.67 Å². The van der Waals surface area contributed by atoms with Crippen molar-refractivity contribution < 1.29 is 0 Å². The maximum absolute atomic E-state index is 5.75. The maximum Gasteiger partial charge on any atom is 0.0842 e. The van der Waals surface area contributed by atoms with E-state index in [-0.39, 0.29) is 0 Å². The number of aromatic nitrogens is 3. The fraction of sp³-hybridized carbons (Fsp3) is 0. The molecule has 4 nitrogen and oxygen atoms in total. The first-order valence-electron chi connectivity index (χ1n) is 5.12. The zero-order valence-electron chi connectivity index (χ0n) is 8.95. The molecule has 84 valence electrons. The molecule has 3 rings (SSSR count). The van der Waals surface area contributed by atoms with Gasteiger partial charge in [-0.1, -0.05) is 6.07 Å². The van der Waals surface area contributed by atoms with Gasteiger partial charge in [0.1, 0.15) is 0 Å². The first kappa shape index (κ1) is 10.0. The fourth-order valence-corrected chi connectivity index (χ4v) is 2.18. The molecule has 0 fully saturated rings. The first-order valence-corrected chi connectivity index (χ1v) is 6.06. The average molecular weight is 242 g/mol. The summed E-state index contributed by atoms with van der Waals surface area (Å²) in [5, 5.41) is 6.31. The lowest BCUT2D eigenvalue weighted by Gasteiger charge is -2.01. The van der Waals surface area contributed by atoms with Gasteiger partial charge in [0.25, 0.3) is 0 Å². The van der Waals surface area contributed by atoms with Crippen LogP contribution in [0.15, 0.2) is 47.5 Å². The highest BCUT2D eigenvalue weighted by molar-refractivity contribution is 7.07. The van der Waals surface area contributed by atoms with Crippen LogP contribution in [0.4, 0.5) is 5.69 Å². The zero-order chi connectivity index (χ0) is 11.7. The summed E-state index contributed by atoms with van der Waals surface area (Å²) < 4.78 is 1.80. The second-order valence-electron chi connectivity index (χ2n) is 3.64. The van der Waals surface area contributed by atoms with E-state index in [1.165, 1.54) is 0 Å². The summed E-state index contributed by atoms with van der Waals surface area (Å²) in [6, 6.07) is 7.62. The van der Waals surface area contributed by atoms with E-state index in [4.69, 9.17) is 5.73 Å². The third-order valence-electron chi connectivity index (χ3n) is 2.45. The number of rotatable bonds is 2. The number of nitrogens with two attached hydrogens (primary N) is 1. The second kappa shape index (κ2) is 4.03. The monoisotopic (exact) mass is 242 g/mol. The summed E-state index contributed by atoms with van der Waals surface area (Å²) in [5.41, 5.74) is 11.2. The van der Waals surface area contributed by atoms with Crippen LogP contribution in [-0.4, -0.2) is 14.8 Å². The smallest absolute Gasteiger partial charge is 0.0842 e. The van der Waals surface area contributed by atoms with Gasteiger partial charge in [0, 0.05) is 22.8 Å².